The van der Waals surface area contributed by atoms with E-state index in [0.29, 0.717) is 13.1 Å². The Hall–Kier alpha value is -1.57. The highest BCUT2D eigenvalue weighted by Gasteiger charge is 2.26. The molecule has 2 rings (SSSR count). The summed E-state index contributed by atoms with van der Waals surface area (Å²) in [5, 5.41) is 2.94. The monoisotopic (exact) mass is 394 g/mol. The molecule has 1 saturated heterocycles. The summed E-state index contributed by atoms with van der Waals surface area (Å²) in [7, 11) is 2.07. The summed E-state index contributed by atoms with van der Waals surface area (Å²) < 4.78 is 0. The van der Waals surface area contributed by atoms with E-state index in [1.807, 2.05) is 18.7 Å². The van der Waals surface area contributed by atoms with Crippen molar-refractivity contribution in [3.63, 3.8) is 0 Å². The smallest absolute Gasteiger partial charge is 0.278 e. The third-order valence-corrected chi connectivity index (χ3v) is 5.55. The molecule has 6 nitrogen and oxygen atoms in total. The number of likely N-dealkylation sites (N-methyl/N-ethyl adjacent to an activating group) is 1. The van der Waals surface area contributed by atoms with Gasteiger partial charge in [0.2, 0.25) is 0 Å². The molecule has 1 heterocycles. The predicted octanol–water partition coefficient (Wildman–Crippen LogP) is -1.33. The van der Waals surface area contributed by atoms with Gasteiger partial charge in [0, 0.05) is 16.5 Å². The van der Waals surface area contributed by atoms with E-state index >= 15 is 0 Å². The van der Waals surface area contributed by atoms with E-state index < -0.39 is 0 Å². The molecular weight excluding hydrogens is 360 g/mol. The summed E-state index contributed by atoms with van der Waals surface area (Å²) in [6.07, 6.45) is 2.07. The highest BCUT2D eigenvalue weighted by Crippen LogP contribution is 2.14. The first-order chi connectivity index (χ1) is 12.9. The van der Waals surface area contributed by atoms with E-state index in [9.17, 15) is 9.59 Å². The summed E-state index contributed by atoms with van der Waals surface area (Å²) in [4.78, 5) is 30.1. The van der Waals surface area contributed by atoms with Crippen molar-refractivity contribution >= 4 is 23.6 Å². The summed E-state index contributed by atoms with van der Waals surface area (Å²) >= 11 is 1.74. The van der Waals surface area contributed by atoms with Gasteiger partial charge in [-0.2, -0.15) is 0 Å². The molecule has 0 radical (unpaired) electrons. The Balaban J connectivity index is 1.72. The molecule has 1 unspecified atom stereocenters. The largest absolute Gasteiger partial charge is 0.349 e. The lowest BCUT2D eigenvalue weighted by molar-refractivity contribution is -0.897. The van der Waals surface area contributed by atoms with Crippen molar-refractivity contribution in [3.8, 4) is 0 Å². The Morgan fingerprint density at radius 2 is 1.85 bits per heavy atom. The second-order valence-corrected chi connectivity index (χ2v) is 8.57. The molecule has 0 spiro atoms. The lowest BCUT2D eigenvalue weighted by Crippen LogP contribution is -3.16. The molecule has 1 aliphatic rings. The average Bonchev–Trinajstić information content (AvgIpc) is 2.62. The number of piperazine rings is 1. The van der Waals surface area contributed by atoms with E-state index in [2.05, 4.69) is 42.9 Å². The molecule has 0 aliphatic carbocycles. The summed E-state index contributed by atoms with van der Waals surface area (Å²) in [5.41, 5.74) is 1.25. The number of benzene rings is 1. The maximum Gasteiger partial charge on any atom is 0.278 e. The molecule has 1 aromatic carbocycles. The fourth-order valence-corrected chi connectivity index (χ4v) is 3.78. The number of nitrogens with zero attached hydrogens (tertiary/aromatic N) is 1. The second kappa shape index (κ2) is 10.7. The number of thioether (sulfide) groups is 1. The van der Waals surface area contributed by atoms with Crippen LogP contribution in [-0.2, 0) is 16.1 Å². The van der Waals surface area contributed by atoms with Gasteiger partial charge < -0.3 is 20.0 Å². The van der Waals surface area contributed by atoms with Crippen LogP contribution in [0.15, 0.2) is 29.2 Å². The van der Waals surface area contributed by atoms with Crippen molar-refractivity contribution in [2.75, 3.05) is 52.6 Å². The number of carbonyl (C=O) groups is 2. The van der Waals surface area contributed by atoms with Gasteiger partial charge in [-0.05, 0) is 32.2 Å². The minimum atomic E-state index is 0.0939. The molecular formula is C20H34N4O2S+2. The minimum absolute atomic E-state index is 0.0939. The van der Waals surface area contributed by atoms with E-state index in [1.165, 1.54) is 20.3 Å². The second-order valence-electron chi connectivity index (χ2n) is 7.69. The van der Waals surface area contributed by atoms with Gasteiger partial charge in [-0.15, -0.1) is 11.8 Å². The van der Waals surface area contributed by atoms with Gasteiger partial charge in [0.25, 0.3) is 11.8 Å². The van der Waals surface area contributed by atoms with Crippen molar-refractivity contribution in [1.29, 1.82) is 0 Å². The van der Waals surface area contributed by atoms with Gasteiger partial charge >= 0.3 is 0 Å². The van der Waals surface area contributed by atoms with Gasteiger partial charge in [-0.25, -0.2) is 0 Å². The van der Waals surface area contributed by atoms with Crippen LogP contribution in [0.4, 0.5) is 0 Å². The van der Waals surface area contributed by atoms with Gasteiger partial charge in [-0.1, -0.05) is 12.1 Å². The Bertz CT molecular complexity index is 613. The summed E-state index contributed by atoms with van der Waals surface area (Å²) in [6.45, 7) is 8.95. The zero-order valence-electron chi connectivity index (χ0n) is 17.0. The van der Waals surface area contributed by atoms with Crippen molar-refractivity contribution < 1.29 is 19.4 Å². The number of carbonyl (C=O) groups excluding carboxylic acids is 2. The summed E-state index contributed by atoms with van der Waals surface area (Å²) in [5.74, 6) is 0.301. The number of hydrogen-bond acceptors (Lipinski definition) is 3. The van der Waals surface area contributed by atoms with Crippen LogP contribution in [0.1, 0.15) is 19.4 Å². The van der Waals surface area contributed by atoms with Crippen molar-refractivity contribution in [3.05, 3.63) is 29.8 Å². The molecule has 0 aromatic heterocycles. The topological polar surface area (TPSA) is 58.3 Å². The Morgan fingerprint density at radius 3 is 2.41 bits per heavy atom. The fraction of sp³-hybridized carbons (Fsp3) is 0.600. The van der Waals surface area contributed by atoms with Crippen LogP contribution in [0.2, 0.25) is 0 Å². The summed E-state index contributed by atoms with van der Waals surface area (Å²) in [6, 6.07) is 8.73. The van der Waals surface area contributed by atoms with Crippen molar-refractivity contribution in [2.24, 2.45) is 0 Å². The molecule has 3 N–H and O–H groups in total. The SMILES string of the molecule is CSc1ccc(C[NH+](C)CC(=O)N2CC[NH+](CC(=O)NC(C)C)CC2)cc1. The molecule has 1 atom stereocenters. The number of hydrogen-bond donors (Lipinski definition) is 3. The van der Waals surface area contributed by atoms with Gasteiger partial charge in [0.1, 0.15) is 6.54 Å². The first kappa shape index (κ1) is 21.7. The van der Waals surface area contributed by atoms with Crippen LogP contribution in [0.25, 0.3) is 0 Å². The fourth-order valence-electron chi connectivity index (χ4n) is 3.37. The zero-order valence-corrected chi connectivity index (χ0v) is 17.8. The van der Waals surface area contributed by atoms with Crippen molar-refractivity contribution in [1.82, 2.24) is 10.2 Å². The van der Waals surface area contributed by atoms with E-state index in [0.717, 1.165) is 32.7 Å². The van der Waals surface area contributed by atoms with Crippen LogP contribution in [0.5, 0.6) is 0 Å². The van der Waals surface area contributed by atoms with Gasteiger partial charge in [-0.3, -0.25) is 9.59 Å². The van der Waals surface area contributed by atoms with E-state index in [1.54, 1.807) is 11.8 Å². The van der Waals surface area contributed by atoms with Crippen molar-refractivity contribution in [2.45, 2.75) is 31.3 Å². The predicted molar refractivity (Wildman–Crippen MR) is 109 cm³/mol. The zero-order chi connectivity index (χ0) is 19.8. The van der Waals surface area contributed by atoms with Crippen LogP contribution < -0.4 is 15.1 Å². The lowest BCUT2D eigenvalue weighted by atomic mass is 10.2. The average molecular weight is 395 g/mol. The number of rotatable bonds is 8. The highest BCUT2D eigenvalue weighted by atomic mass is 32.2. The van der Waals surface area contributed by atoms with Crippen LogP contribution in [0, 0.1) is 0 Å². The lowest BCUT2D eigenvalue weighted by Gasteiger charge is -2.32. The number of quaternary nitrogens is 2. The normalized spacial score (nSPS) is 16.4. The quantitative estimate of drug-likeness (QED) is 0.479. The molecule has 2 amide bonds. The maximum absolute atomic E-state index is 12.6. The third kappa shape index (κ3) is 7.52. The molecule has 1 aliphatic heterocycles. The van der Waals surface area contributed by atoms with Crippen LogP contribution in [0.3, 0.4) is 0 Å². The first-order valence-corrected chi connectivity index (χ1v) is 10.9. The Kier molecular flexibility index (Phi) is 8.60. The Morgan fingerprint density at radius 1 is 1.22 bits per heavy atom. The molecule has 0 bridgehead atoms. The Labute approximate surface area is 167 Å². The molecule has 1 aromatic rings. The minimum Gasteiger partial charge on any atom is -0.349 e. The standard InChI is InChI=1S/C20H32N4O2S/c1-16(2)21-19(25)14-23-9-11-24(12-10-23)20(26)15-22(3)13-17-5-7-18(27-4)8-6-17/h5-8,16H,9-15H2,1-4H3,(H,21,25)/p+2. The van der Waals surface area contributed by atoms with Gasteiger partial charge in [0.05, 0.1) is 33.2 Å². The number of nitrogens with one attached hydrogen (secondary N) is 3. The maximum atomic E-state index is 12.6. The molecule has 1 fully saturated rings. The van der Waals surface area contributed by atoms with E-state index in [-0.39, 0.29) is 17.9 Å². The molecule has 0 saturated carbocycles. The van der Waals surface area contributed by atoms with Gasteiger partial charge in [0.15, 0.2) is 13.1 Å². The molecule has 150 valence electrons. The number of amides is 2. The van der Waals surface area contributed by atoms with Crippen LogP contribution in [-0.4, -0.2) is 75.3 Å². The van der Waals surface area contributed by atoms with E-state index in [4.69, 9.17) is 0 Å². The first-order valence-electron chi connectivity index (χ1n) is 9.72. The van der Waals surface area contributed by atoms with Crippen LogP contribution >= 0.6 is 11.8 Å². The highest BCUT2D eigenvalue weighted by molar-refractivity contribution is 7.98. The third-order valence-electron chi connectivity index (χ3n) is 4.80. The molecule has 7 heteroatoms. The molecule has 27 heavy (non-hydrogen) atoms.